The van der Waals surface area contributed by atoms with Crippen molar-refractivity contribution in [3.05, 3.63) is 29.6 Å². The molecule has 17 heavy (non-hydrogen) atoms. The van der Waals surface area contributed by atoms with Crippen LogP contribution in [0.2, 0.25) is 0 Å². The van der Waals surface area contributed by atoms with Gasteiger partial charge in [0.05, 0.1) is 18.8 Å². The van der Waals surface area contributed by atoms with E-state index in [4.69, 9.17) is 4.74 Å². The summed E-state index contributed by atoms with van der Waals surface area (Å²) in [6, 6.07) is 1.87. The summed E-state index contributed by atoms with van der Waals surface area (Å²) >= 11 is 0. The number of hydrogen-bond acceptors (Lipinski definition) is 3. The maximum atomic E-state index is 12.2. The third-order valence-electron chi connectivity index (χ3n) is 2.99. The van der Waals surface area contributed by atoms with Crippen LogP contribution in [-0.4, -0.2) is 42.6 Å². The first-order chi connectivity index (χ1) is 8.00. The Bertz CT molecular complexity index is 427. The number of aryl methyl sites for hydroxylation is 1. The van der Waals surface area contributed by atoms with Gasteiger partial charge in [-0.15, -0.1) is 0 Å². The lowest BCUT2D eigenvalue weighted by Crippen LogP contribution is -2.49. The molecule has 1 aromatic heterocycles. The minimum absolute atomic E-state index is 0.0225. The minimum Gasteiger partial charge on any atom is -0.380 e. The first-order valence-electron chi connectivity index (χ1n) is 5.75. The maximum absolute atomic E-state index is 12.2. The van der Waals surface area contributed by atoms with Gasteiger partial charge in [0.15, 0.2) is 0 Å². The van der Waals surface area contributed by atoms with Crippen molar-refractivity contribution in [1.82, 2.24) is 9.88 Å². The number of rotatable bonds is 3. The van der Waals surface area contributed by atoms with Crippen molar-refractivity contribution in [3.63, 3.8) is 0 Å². The summed E-state index contributed by atoms with van der Waals surface area (Å²) in [5.41, 5.74) is 1.76. The second-order valence-corrected chi connectivity index (χ2v) is 5.22. The molecule has 1 amide bonds. The van der Waals surface area contributed by atoms with Gasteiger partial charge in [0.25, 0.3) is 5.91 Å². The van der Waals surface area contributed by atoms with Crippen LogP contribution in [0.4, 0.5) is 0 Å². The summed E-state index contributed by atoms with van der Waals surface area (Å²) in [6.45, 7) is 6.26. The van der Waals surface area contributed by atoms with E-state index in [1.165, 1.54) is 0 Å². The highest BCUT2D eigenvalue weighted by molar-refractivity contribution is 5.93. The van der Waals surface area contributed by atoms with Gasteiger partial charge in [0.1, 0.15) is 0 Å². The Morgan fingerprint density at radius 2 is 2.24 bits per heavy atom. The zero-order chi connectivity index (χ0) is 12.5. The van der Waals surface area contributed by atoms with Gasteiger partial charge in [0, 0.05) is 31.4 Å². The highest BCUT2D eigenvalue weighted by Crippen LogP contribution is 2.27. The largest absolute Gasteiger partial charge is 0.380 e. The van der Waals surface area contributed by atoms with E-state index in [0.29, 0.717) is 5.56 Å². The molecule has 4 heteroatoms. The van der Waals surface area contributed by atoms with Crippen LogP contribution in [0.3, 0.4) is 0 Å². The average molecular weight is 234 g/mol. The summed E-state index contributed by atoms with van der Waals surface area (Å²) in [5, 5.41) is 0. The first kappa shape index (κ1) is 12.0. The number of ether oxygens (including phenoxy) is 1. The van der Waals surface area contributed by atoms with Gasteiger partial charge < -0.3 is 9.64 Å². The first-order valence-corrected chi connectivity index (χ1v) is 5.75. The monoisotopic (exact) mass is 234 g/mol. The fraction of sp³-hybridized carbons (Fsp3) is 0.538. The van der Waals surface area contributed by atoms with E-state index in [0.717, 1.165) is 25.3 Å². The molecule has 0 aromatic carbocycles. The molecule has 0 unspecified atom stereocenters. The average Bonchev–Trinajstić information content (AvgIpc) is 2.26. The molecule has 92 valence electrons. The molecule has 2 heterocycles. The van der Waals surface area contributed by atoms with Crippen molar-refractivity contribution in [2.45, 2.75) is 13.8 Å². The summed E-state index contributed by atoms with van der Waals surface area (Å²) in [6.07, 6.45) is 3.36. The third kappa shape index (κ3) is 2.64. The number of amides is 1. The number of nitrogens with zero attached hydrogens (tertiary/aromatic N) is 2. The smallest absolute Gasteiger partial charge is 0.255 e. The van der Waals surface area contributed by atoms with Crippen LogP contribution in [0.1, 0.15) is 22.8 Å². The predicted molar refractivity (Wildman–Crippen MR) is 64.9 cm³/mol. The van der Waals surface area contributed by atoms with E-state index < -0.39 is 0 Å². The van der Waals surface area contributed by atoms with Crippen LogP contribution < -0.4 is 0 Å². The van der Waals surface area contributed by atoms with Gasteiger partial charge in [-0.3, -0.25) is 9.78 Å². The zero-order valence-corrected chi connectivity index (χ0v) is 10.6. The Morgan fingerprint density at radius 1 is 1.53 bits per heavy atom. The minimum atomic E-state index is 0.0225. The molecule has 1 saturated heterocycles. The normalized spacial score (nSPS) is 17.4. The molecule has 1 aromatic rings. The molecule has 0 spiro atoms. The predicted octanol–water partition coefficient (Wildman–Crippen LogP) is 1.50. The molecule has 0 N–H and O–H groups in total. The molecule has 0 atom stereocenters. The van der Waals surface area contributed by atoms with E-state index in [-0.39, 0.29) is 11.3 Å². The lowest BCUT2D eigenvalue weighted by molar-refractivity contribution is -0.109. The lowest BCUT2D eigenvalue weighted by atomic mass is 9.88. The number of pyridine rings is 1. The maximum Gasteiger partial charge on any atom is 0.255 e. The van der Waals surface area contributed by atoms with Gasteiger partial charge in [-0.2, -0.15) is 0 Å². The fourth-order valence-corrected chi connectivity index (χ4v) is 2.08. The molecule has 2 rings (SSSR count). The highest BCUT2D eigenvalue weighted by atomic mass is 16.5. The Balaban J connectivity index is 2.04. The van der Waals surface area contributed by atoms with Crippen LogP contribution in [0.15, 0.2) is 18.5 Å². The van der Waals surface area contributed by atoms with Crippen molar-refractivity contribution in [3.8, 4) is 0 Å². The van der Waals surface area contributed by atoms with Crippen molar-refractivity contribution in [1.29, 1.82) is 0 Å². The molecule has 1 aliphatic rings. The van der Waals surface area contributed by atoms with Gasteiger partial charge in [-0.1, -0.05) is 6.92 Å². The van der Waals surface area contributed by atoms with Crippen molar-refractivity contribution >= 4 is 5.91 Å². The molecule has 1 fully saturated rings. The standard InChI is InChI=1S/C13H18N2O2/c1-10-4-11(6-14-5-10)12(16)15(3)7-13(2)8-17-9-13/h4-6H,7-9H2,1-3H3. The van der Waals surface area contributed by atoms with Gasteiger partial charge in [0.2, 0.25) is 0 Å². The van der Waals surface area contributed by atoms with Crippen LogP contribution in [0, 0.1) is 12.3 Å². The Labute approximate surface area is 102 Å². The van der Waals surface area contributed by atoms with Crippen molar-refractivity contribution in [2.75, 3.05) is 26.8 Å². The molecule has 1 aliphatic heterocycles. The van der Waals surface area contributed by atoms with Crippen molar-refractivity contribution in [2.24, 2.45) is 5.41 Å². The van der Waals surface area contributed by atoms with E-state index >= 15 is 0 Å². The number of aromatic nitrogens is 1. The topological polar surface area (TPSA) is 42.4 Å². The van der Waals surface area contributed by atoms with E-state index in [1.54, 1.807) is 17.3 Å². The number of carbonyl (C=O) groups is 1. The number of hydrogen-bond donors (Lipinski definition) is 0. The van der Waals surface area contributed by atoms with Crippen LogP contribution in [-0.2, 0) is 4.74 Å². The van der Waals surface area contributed by atoms with E-state index in [1.807, 2.05) is 20.0 Å². The Hall–Kier alpha value is -1.42. The molecule has 0 saturated carbocycles. The summed E-state index contributed by atoms with van der Waals surface area (Å²) in [7, 11) is 1.83. The van der Waals surface area contributed by atoms with Crippen molar-refractivity contribution < 1.29 is 9.53 Å². The Morgan fingerprint density at radius 3 is 2.76 bits per heavy atom. The summed E-state index contributed by atoms with van der Waals surface area (Å²) in [5.74, 6) is 0.0225. The molecular formula is C13H18N2O2. The number of carbonyl (C=O) groups excluding carboxylic acids is 1. The molecular weight excluding hydrogens is 216 g/mol. The molecule has 0 bridgehead atoms. The molecule has 0 aliphatic carbocycles. The summed E-state index contributed by atoms with van der Waals surface area (Å²) in [4.78, 5) is 18.0. The molecule has 4 nitrogen and oxygen atoms in total. The van der Waals surface area contributed by atoms with Crippen LogP contribution >= 0.6 is 0 Å². The second kappa shape index (κ2) is 4.45. The fourth-order valence-electron chi connectivity index (χ4n) is 2.08. The van der Waals surface area contributed by atoms with Gasteiger partial charge in [-0.25, -0.2) is 0 Å². The van der Waals surface area contributed by atoms with Crippen LogP contribution in [0.25, 0.3) is 0 Å². The zero-order valence-electron chi connectivity index (χ0n) is 10.6. The van der Waals surface area contributed by atoms with Crippen LogP contribution in [0.5, 0.6) is 0 Å². The summed E-state index contributed by atoms with van der Waals surface area (Å²) < 4.78 is 5.19. The molecule has 0 radical (unpaired) electrons. The SMILES string of the molecule is Cc1cncc(C(=O)N(C)CC2(C)COC2)c1. The second-order valence-electron chi connectivity index (χ2n) is 5.22. The van der Waals surface area contributed by atoms with Gasteiger partial charge >= 0.3 is 0 Å². The lowest BCUT2D eigenvalue weighted by Gasteiger charge is -2.40. The van der Waals surface area contributed by atoms with E-state index in [2.05, 4.69) is 11.9 Å². The quantitative estimate of drug-likeness (QED) is 0.796. The highest BCUT2D eigenvalue weighted by Gasteiger charge is 2.35. The third-order valence-corrected chi connectivity index (χ3v) is 2.99. The Kier molecular flexibility index (Phi) is 3.15. The van der Waals surface area contributed by atoms with E-state index in [9.17, 15) is 4.79 Å². The van der Waals surface area contributed by atoms with Gasteiger partial charge in [-0.05, 0) is 18.6 Å².